The number of rotatable bonds is 11. The fourth-order valence-corrected chi connectivity index (χ4v) is 2.22. The first-order valence-electron chi connectivity index (χ1n) is 8.12. The van der Waals surface area contributed by atoms with Crippen molar-refractivity contribution in [2.45, 2.75) is 46.3 Å². The Kier molecular flexibility index (Phi) is 9.31. The number of benzene rings is 1. The first-order valence-corrected chi connectivity index (χ1v) is 8.12. The van der Waals surface area contributed by atoms with Gasteiger partial charge in [0.25, 0.3) is 0 Å². The van der Waals surface area contributed by atoms with Crippen molar-refractivity contribution >= 4 is 0 Å². The van der Waals surface area contributed by atoms with Gasteiger partial charge in [0.05, 0.1) is 25.4 Å². The van der Waals surface area contributed by atoms with Crippen LogP contribution in [0.4, 0.5) is 0 Å². The fourth-order valence-electron chi connectivity index (χ4n) is 2.22. The lowest BCUT2D eigenvalue weighted by molar-refractivity contribution is -0.00827. The summed E-state index contributed by atoms with van der Waals surface area (Å²) in [6.07, 6.45) is 1.25. The van der Waals surface area contributed by atoms with Crippen LogP contribution in [0.15, 0.2) is 30.3 Å². The van der Waals surface area contributed by atoms with E-state index in [2.05, 4.69) is 57.3 Å². The largest absolute Gasteiger partial charge is 0.379 e. The molecule has 0 aliphatic heterocycles. The average molecular weight is 293 g/mol. The van der Waals surface area contributed by atoms with Gasteiger partial charge < -0.3 is 14.8 Å². The molecule has 1 N–H and O–H groups in total. The standard InChI is InChI=1S/C18H31NO2/c1-5-11-19-18(17-9-7-6-8-10-17)16(4)21-13-12-20-14-15(2)3/h6-10,15-16,18-19H,5,11-14H2,1-4H3. The zero-order chi connectivity index (χ0) is 15.5. The van der Waals surface area contributed by atoms with Crippen LogP contribution in [-0.2, 0) is 9.47 Å². The van der Waals surface area contributed by atoms with Gasteiger partial charge in [0, 0.05) is 6.61 Å². The first kappa shape index (κ1) is 18.1. The molecule has 3 heteroatoms. The molecule has 0 bridgehead atoms. The second-order valence-corrected chi connectivity index (χ2v) is 5.89. The molecule has 0 fully saturated rings. The van der Waals surface area contributed by atoms with Crippen LogP contribution in [0, 0.1) is 5.92 Å². The number of ether oxygens (including phenoxy) is 2. The van der Waals surface area contributed by atoms with E-state index in [1.807, 2.05) is 6.07 Å². The van der Waals surface area contributed by atoms with Crippen molar-refractivity contribution in [3.05, 3.63) is 35.9 Å². The molecule has 3 nitrogen and oxygen atoms in total. The van der Waals surface area contributed by atoms with Gasteiger partial charge in [-0.25, -0.2) is 0 Å². The smallest absolute Gasteiger partial charge is 0.0742 e. The van der Waals surface area contributed by atoms with Gasteiger partial charge >= 0.3 is 0 Å². The highest BCUT2D eigenvalue weighted by Crippen LogP contribution is 2.19. The van der Waals surface area contributed by atoms with Crippen LogP contribution >= 0.6 is 0 Å². The molecule has 0 spiro atoms. The molecule has 1 aromatic rings. The molecule has 2 unspecified atom stereocenters. The molecule has 0 radical (unpaired) electrons. The second kappa shape index (κ2) is 10.8. The third kappa shape index (κ3) is 7.60. The second-order valence-electron chi connectivity index (χ2n) is 5.89. The van der Waals surface area contributed by atoms with Gasteiger partial charge in [-0.1, -0.05) is 51.1 Å². The molecule has 0 aromatic heterocycles. The summed E-state index contributed by atoms with van der Waals surface area (Å²) in [5, 5.41) is 3.58. The van der Waals surface area contributed by atoms with Gasteiger partial charge in [-0.05, 0) is 31.4 Å². The van der Waals surface area contributed by atoms with Gasteiger partial charge in [-0.15, -0.1) is 0 Å². The summed E-state index contributed by atoms with van der Waals surface area (Å²) in [5.41, 5.74) is 1.28. The van der Waals surface area contributed by atoms with E-state index in [0.29, 0.717) is 19.1 Å². The maximum Gasteiger partial charge on any atom is 0.0742 e. The Balaban J connectivity index is 2.42. The Morgan fingerprint density at radius 1 is 1.05 bits per heavy atom. The van der Waals surface area contributed by atoms with Crippen LogP contribution in [0.5, 0.6) is 0 Å². The predicted octanol–water partition coefficient (Wildman–Crippen LogP) is 3.81. The third-order valence-electron chi connectivity index (χ3n) is 3.30. The highest BCUT2D eigenvalue weighted by atomic mass is 16.5. The van der Waals surface area contributed by atoms with Crippen LogP contribution < -0.4 is 5.32 Å². The lowest BCUT2D eigenvalue weighted by Gasteiger charge is -2.26. The lowest BCUT2D eigenvalue weighted by Crippen LogP contribution is -2.33. The molecule has 0 aliphatic rings. The molecule has 0 saturated carbocycles. The Morgan fingerprint density at radius 2 is 1.76 bits per heavy atom. The minimum Gasteiger partial charge on any atom is -0.379 e. The molecule has 21 heavy (non-hydrogen) atoms. The van der Waals surface area contributed by atoms with Crippen LogP contribution in [0.25, 0.3) is 0 Å². The summed E-state index contributed by atoms with van der Waals surface area (Å²) >= 11 is 0. The van der Waals surface area contributed by atoms with Crippen molar-refractivity contribution in [1.29, 1.82) is 0 Å². The molecule has 1 aromatic carbocycles. The molecular formula is C18H31NO2. The molecule has 120 valence electrons. The maximum atomic E-state index is 5.95. The van der Waals surface area contributed by atoms with Gasteiger partial charge in [0.1, 0.15) is 0 Å². The van der Waals surface area contributed by atoms with Crippen molar-refractivity contribution in [3.8, 4) is 0 Å². The summed E-state index contributed by atoms with van der Waals surface area (Å²) < 4.78 is 11.5. The van der Waals surface area contributed by atoms with Crippen LogP contribution in [-0.4, -0.2) is 32.5 Å². The van der Waals surface area contributed by atoms with E-state index in [1.54, 1.807) is 0 Å². The van der Waals surface area contributed by atoms with E-state index in [0.717, 1.165) is 19.6 Å². The van der Waals surface area contributed by atoms with Crippen molar-refractivity contribution in [2.24, 2.45) is 5.92 Å². The van der Waals surface area contributed by atoms with E-state index in [4.69, 9.17) is 9.47 Å². The fraction of sp³-hybridized carbons (Fsp3) is 0.667. The van der Waals surface area contributed by atoms with E-state index in [9.17, 15) is 0 Å². The number of nitrogens with one attached hydrogen (secondary N) is 1. The molecule has 0 amide bonds. The Bertz CT molecular complexity index is 353. The normalized spacial score (nSPS) is 14.3. The zero-order valence-corrected chi connectivity index (χ0v) is 14.0. The van der Waals surface area contributed by atoms with Crippen LogP contribution in [0.3, 0.4) is 0 Å². The number of hydrogen-bond acceptors (Lipinski definition) is 3. The molecule has 2 atom stereocenters. The summed E-state index contributed by atoms with van der Waals surface area (Å²) in [7, 11) is 0. The van der Waals surface area contributed by atoms with E-state index in [1.165, 1.54) is 5.56 Å². The monoisotopic (exact) mass is 293 g/mol. The molecule has 0 heterocycles. The zero-order valence-electron chi connectivity index (χ0n) is 14.0. The Morgan fingerprint density at radius 3 is 2.38 bits per heavy atom. The first-order chi connectivity index (χ1) is 10.1. The van der Waals surface area contributed by atoms with E-state index < -0.39 is 0 Å². The average Bonchev–Trinajstić information content (AvgIpc) is 2.48. The highest BCUT2D eigenvalue weighted by molar-refractivity contribution is 5.19. The van der Waals surface area contributed by atoms with Gasteiger partial charge in [0.15, 0.2) is 0 Å². The molecule has 0 saturated heterocycles. The quantitative estimate of drug-likeness (QED) is 0.629. The van der Waals surface area contributed by atoms with Crippen LogP contribution in [0.1, 0.15) is 45.7 Å². The van der Waals surface area contributed by atoms with Gasteiger partial charge in [-0.3, -0.25) is 0 Å². The topological polar surface area (TPSA) is 30.5 Å². The minimum absolute atomic E-state index is 0.126. The van der Waals surface area contributed by atoms with Crippen molar-refractivity contribution in [3.63, 3.8) is 0 Å². The van der Waals surface area contributed by atoms with Gasteiger partial charge in [0.2, 0.25) is 0 Å². The number of hydrogen-bond donors (Lipinski definition) is 1. The van der Waals surface area contributed by atoms with E-state index >= 15 is 0 Å². The predicted molar refractivity (Wildman–Crippen MR) is 88.5 cm³/mol. The van der Waals surface area contributed by atoms with Crippen molar-refractivity contribution in [2.75, 3.05) is 26.4 Å². The maximum absolute atomic E-state index is 5.95. The van der Waals surface area contributed by atoms with Gasteiger partial charge in [-0.2, -0.15) is 0 Å². The molecule has 1 rings (SSSR count). The van der Waals surface area contributed by atoms with Crippen molar-refractivity contribution in [1.82, 2.24) is 5.32 Å². The lowest BCUT2D eigenvalue weighted by atomic mass is 10.0. The minimum atomic E-state index is 0.126. The van der Waals surface area contributed by atoms with E-state index in [-0.39, 0.29) is 12.1 Å². The summed E-state index contributed by atoms with van der Waals surface area (Å²) in [5.74, 6) is 0.575. The SMILES string of the molecule is CCCNC(c1ccccc1)C(C)OCCOCC(C)C. The molecular weight excluding hydrogens is 262 g/mol. The molecule has 0 aliphatic carbocycles. The van der Waals surface area contributed by atoms with Crippen molar-refractivity contribution < 1.29 is 9.47 Å². The Hall–Kier alpha value is -0.900. The summed E-state index contributed by atoms with van der Waals surface area (Å²) in [6.45, 7) is 11.7. The Labute approximate surface area is 130 Å². The third-order valence-corrected chi connectivity index (χ3v) is 3.30. The van der Waals surface area contributed by atoms with Crippen LogP contribution in [0.2, 0.25) is 0 Å². The summed E-state index contributed by atoms with van der Waals surface area (Å²) in [4.78, 5) is 0. The highest BCUT2D eigenvalue weighted by Gasteiger charge is 2.18. The summed E-state index contributed by atoms with van der Waals surface area (Å²) in [6, 6.07) is 10.7.